The Morgan fingerprint density at radius 1 is 1.25 bits per heavy atom. The molecular formula is C22H28N2O3S. The van der Waals surface area contributed by atoms with Crippen LogP contribution in [0.15, 0.2) is 41.2 Å². The summed E-state index contributed by atoms with van der Waals surface area (Å²) >= 11 is 1.67. The van der Waals surface area contributed by atoms with Gasteiger partial charge in [0.25, 0.3) is 5.91 Å². The third-order valence-corrected chi connectivity index (χ3v) is 5.97. The predicted molar refractivity (Wildman–Crippen MR) is 112 cm³/mol. The van der Waals surface area contributed by atoms with Crippen molar-refractivity contribution in [2.24, 2.45) is 5.92 Å². The van der Waals surface area contributed by atoms with Gasteiger partial charge in [-0.25, -0.2) is 0 Å². The molecule has 1 aromatic heterocycles. The first-order chi connectivity index (χ1) is 13.5. The molecule has 0 bridgehead atoms. The molecule has 150 valence electrons. The molecule has 1 atom stereocenters. The number of likely N-dealkylation sites (tertiary alicyclic amines) is 1. The van der Waals surface area contributed by atoms with Crippen molar-refractivity contribution < 1.29 is 14.0 Å². The molecule has 6 heteroatoms. The monoisotopic (exact) mass is 400 g/mol. The van der Waals surface area contributed by atoms with Crippen LogP contribution >= 0.6 is 11.8 Å². The summed E-state index contributed by atoms with van der Waals surface area (Å²) in [6.07, 6.45) is 4.95. The molecule has 1 aromatic carbocycles. The van der Waals surface area contributed by atoms with Crippen molar-refractivity contribution in [3.63, 3.8) is 0 Å². The number of hydrogen-bond acceptors (Lipinski definition) is 4. The molecule has 1 saturated heterocycles. The second-order valence-corrected chi connectivity index (χ2v) is 8.54. The summed E-state index contributed by atoms with van der Waals surface area (Å²) in [7, 11) is 0. The number of nitrogens with zero attached hydrogens (tertiary/aromatic N) is 1. The van der Waals surface area contributed by atoms with E-state index in [0.717, 1.165) is 25.1 Å². The van der Waals surface area contributed by atoms with Crippen LogP contribution in [0.2, 0.25) is 0 Å². The van der Waals surface area contributed by atoms with Crippen molar-refractivity contribution in [1.82, 2.24) is 10.2 Å². The van der Waals surface area contributed by atoms with Crippen LogP contribution in [0.5, 0.6) is 0 Å². The van der Waals surface area contributed by atoms with E-state index >= 15 is 0 Å². The number of piperidine rings is 1. The average Bonchev–Trinajstić information content (AvgIpc) is 3.20. The molecule has 1 aliphatic rings. The summed E-state index contributed by atoms with van der Waals surface area (Å²) in [5.41, 5.74) is 4.33. The van der Waals surface area contributed by atoms with Gasteiger partial charge in [-0.3, -0.25) is 9.59 Å². The number of carbonyl (C=O) groups excluding carboxylic acids is 2. The highest BCUT2D eigenvalue weighted by Crippen LogP contribution is 2.20. The van der Waals surface area contributed by atoms with Gasteiger partial charge in [0, 0.05) is 25.4 Å². The summed E-state index contributed by atoms with van der Waals surface area (Å²) in [5.74, 6) is 1.73. The number of benzene rings is 1. The van der Waals surface area contributed by atoms with Crippen LogP contribution in [0.4, 0.5) is 0 Å². The summed E-state index contributed by atoms with van der Waals surface area (Å²) in [4.78, 5) is 26.6. The minimum Gasteiger partial charge on any atom is -0.472 e. The molecule has 1 fully saturated rings. The van der Waals surface area contributed by atoms with Crippen LogP contribution in [-0.2, 0) is 10.5 Å². The van der Waals surface area contributed by atoms with E-state index in [9.17, 15) is 9.59 Å². The molecule has 0 radical (unpaired) electrons. The van der Waals surface area contributed by atoms with Gasteiger partial charge in [0.05, 0.1) is 17.6 Å². The third-order valence-electron chi connectivity index (χ3n) is 4.98. The van der Waals surface area contributed by atoms with E-state index in [1.165, 1.54) is 29.2 Å². The van der Waals surface area contributed by atoms with Crippen LogP contribution in [0.1, 0.15) is 39.9 Å². The topological polar surface area (TPSA) is 62.6 Å². The Bertz CT molecular complexity index is 784. The van der Waals surface area contributed by atoms with Crippen molar-refractivity contribution in [2.45, 2.75) is 32.4 Å². The van der Waals surface area contributed by atoms with Crippen LogP contribution in [0.3, 0.4) is 0 Å². The van der Waals surface area contributed by atoms with Gasteiger partial charge in [-0.2, -0.15) is 0 Å². The molecule has 1 N–H and O–H groups in total. The minimum atomic E-state index is -0.124. The fraction of sp³-hybridized carbons (Fsp3) is 0.455. The number of aryl methyl sites for hydroxylation is 2. The number of furan rings is 1. The lowest BCUT2D eigenvalue weighted by Crippen LogP contribution is -2.44. The molecule has 2 amide bonds. The van der Waals surface area contributed by atoms with Gasteiger partial charge in [-0.1, -0.05) is 29.3 Å². The molecule has 5 nitrogen and oxygen atoms in total. The first-order valence-electron chi connectivity index (χ1n) is 9.74. The van der Waals surface area contributed by atoms with Gasteiger partial charge in [0.15, 0.2) is 0 Å². The Kier molecular flexibility index (Phi) is 7.20. The second-order valence-electron chi connectivity index (χ2n) is 7.56. The molecule has 2 heterocycles. The van der Waals surface area contributed by atoms with Crippen molar-refractivity contribution in [2.75, 3.05) is 25.4 Å². The van der Waals surface area contributed by atoms with E-state index in [-0.39, 0.29) is 11.8 Å². The van der Waals surface area contributed by atoms with Crippen molar-refractivity contribution in [3.05, 3.63) is 59.0 Å². The molecule has 28 heavy (non-hydrogen) atoms. The number of carbonyl (C=O) groups is 2. The van der Waals surface area contributed by atoms with Gasteiger partial charge < -0.3 is 14.6 Å². The van der Waals surface area contributed by atoms with E-state index in [2.05, 4.69) is 37.4 Å². The zero-order valence-electron chi connectivity index (χ0n) is 16.6. The van der Waals surface area contributed by atoms with E-state index in [1.54, 1.807) is 17.8 Å². The minimum absolute atomic E-state index is 0.124. The number of hydrogen-bond donors (Lipinski definition) is 1. The standard InChI is InChI=1S/C22H28N2O3S/c1-16-8-17(2)10-19(9-16)14-28-15-21(25)24-6-3-4-18(12-24)11-23-22(26)20-5-7-27-13-20/h5,7-10,13,18H,3-4,6,11-12,14-15H2,1-2H3,(H,23,26). The highest BCUT2D eigenvalue weighted by molar-refractivity contribution is 7.99. The summed E-state index contributed by atoms with van der Waals surface area (Å²) in [6.45, 7) is 6.32. The number of amides is 2. The van der Waals surface area contributed by atoms with Crippen LogP contribution < -0.4 is 5.32 Å². The van der Waals surface area contributed by atoms with Crippen molar-refractivity contribution in [1.29, 1.82) is 0 Å². The lowest BCUT2D eigenvalue weighted by atomic mass is 9.98. The first-order valence-corrected chi connectivity index (χ1v) is 10.9. The normalized spacial score (nSPS) is 16.8. The predicted octanol–water partition coefficient (Wildman–Crippen LogP) is 3.80. The molecular weight excluding hydrogens is 372 g/mol. The molecule has 1 unspecified atom stereocenters. The van der Waals surface area contributed by atoms with Crippen molar-refractivity contribution >= 4 is 23.6 Å². The summed E-state index contributed by atoms with van der Waals surface area (Å²) in [6, 6.07) is 8.19. The highest BCUT2D eigenvalue weighted by Gasteiger charge is 2.24. The Morgan fingerprint density at radius 3 is 2.75 bits per heavy atom. The number of thioether (sulfide) groups is 1. The van der Waals surface area contributed by atoms with Gasteiger partial charge in [0.2, 0.25) is 5.91 Å². The zero-order chi connectivity index (χ0) is 19.9. The maximum atomic E-state index is 12.6. The summed E-state index contributed by atoms with van der Waals surface area (Å²) in [5, 5.41) is 2.95. The van der Waals surface area contributed by atoms with Gasteiger partial charge in [-0.05, 0) is 44.2 Å². The van der Waals surface area contributed by atoms with Crippen LogP contribution in [0.25, 0.3) is 0 Å². The number of nitrogens with one attached hydrogen (secondary N) is 1. The van der Waals surface area contributed by atoms with E-state index in [4.69, 9.17) is 4.42 Å². The average molecular weight is 401 g/mol. The molecule has 0 saturated carbocycles. The van der Waals surface area contributed by atoms with Gasteiger partial charge >= 0.3 is 0 Å². The van der Waals surface area contributed by atoms with Crippen LogP contribution in [-0.4, -0.2) is 42.1 Å². The van der Waals surface area contributed by atoms with E-state index in [0.29, 0.717) is 30.3 Å². The third kappa shape index (κ3) is 5.89. The molecule has 3 rings (SSSR count). The SMILES string of the molecule is Cc1cc(C)cc(CSCC(=O)N2CCCC(CNC(=O)c3ccoc3)C2)c1. The summed E-state index contributed by atoms with van der Waals surface area (Å²) < 4.78 is 4.94. The smallest absolute Gasteiger partial charge is 0.254 e. The lowest BCUT2D eigenvalue weighted by molar-refractivity contribution is -0.130. The molecule has 2 aromatic rings. The fourth-order valence-electron chi connectivity index (χ4n) is 3.69. The highest BCUT2D eigenvalue weighted by atomic mass is 32.2. The molecule has 0 spiro atoms. The molecule has 0 aliphatic carbocycles. The molecule has 1 aliphatic heterocycles. The number of rotatable bonds is 7. The maximum absolute atomic E-state index is 12.6. The quantitative estimate of drug-likeness (QED) is 0.768. The Morgan fingerprint density at radius 2 is 2.04 bits per heavy atom. The first kappa shape index (κ1) is 20.5. The Labute approximate surface area is 170 Å². The zero-order valence-corrected chi connectivity index (χ0v) is 17.4. The van der Waals surface area contributed by atoms with Gasteiger partial charge in [-0.15, -0.1) is 11.8 Å². The largest absolute Gasteiger partial charge is 0.472 e. The fourth-order valence-corrected chi connectivity index (χ4v) is 4.55. The Balaban J connectivity index is 1.41. The maximum Gasteiger partial charge on any atom is 0.254 e. The second kappa shape index (κ2) is 9.82. The van der Waals surface area contributed by atoms with Crippen molar-refractivity contribution in [3.8, 4) is 0 Å². The van der Waals surface area contributed by atoms with E-state index in [1.807, 2.05) is 4.90 Å². The van der Waals surface area contributed by atoms with Crippen LogP contribution in [0, 0.1) is 19.8 Å². The van der Waals surface area contributed by atoms with Gasteiger partial charge in [0.1, 0.15) is 6.26 Å². The lowest BCUT2D eigenvalue weighted by Gasteiger charge is -2.33. The Hall–Kier alpha value is -2.21. The van der Waals surface area contributed by atoms with E-state index < -0.39 is 0 Å².